The molecule has 3 saturated heterocycles. The minimum atomic E-state index is 0.225. The highest BCUT2D eigenvalue weighted by atomic mass is 16.1. The zero-order valence-corrected chi connectivity index (χ0v) is 10.5. The number of amides is 1. The number of piperidine rings is 1. The molecule has 0 aliphatic carbocycles. The van der Waals surface area contributed by atoms with Gasteiger partial charge in [-0.05, 0) is 32.2 Å². The maximum absolute atomic E-state index is 11.1. The largest absolute Gasteiger partial charge is 0.352 e. The Kier molecular flexibility index (Phi) is 3.34. The third-order valence-corrected chi connectivity index (χ3v) is 4.57. The molecule has 0 spiro atoms. The second-order valence-corrected chi connectivity index (χ2v) is 5.71. The van der Waals surface area contributed by atoms with Crippen LogP contribution >= 0.6 is 0 Å². The molecule has 3 heterocycles. The molecular weight excluding hydrogens is 214 g/mol. The van der Waals surface area contributed by atoms with Crippen LogP contribution in [0.4, 0.5) is 0 Å². The Hall–Kier alpha value is -0.610. The summed E-state index contributed by atoms with van der Waals surface area (Å²) in [6.07, 6.45) is 7.13. The molecule has 3 atom stereocenters. The molecule has 3 aliphatic rings. The van der Waals surface area contributed by atoms with E-state index in [1.807, 2.05) is 0 Å². The zero-order chi connectivity index (χ0) is 11.7. The predicted octanol–water partition coefficient (Wildman–Crippen LogP) is 0.481. The van der Waals surface area contributed by atoms with Crippen LogP contribution in [0.3, 0.4) is 0 Å². The molecule has 0 bridgehead atoms. The van der Waals surface area contributed by atoms with Gasteiger partial charge in [-0.25, -0.2) is 0 Å². The summed E-state index contributed by atoms with van der Waals surface area (Å²) in [7, 11) is 0. The second-order valence-electron chi connectivity index (χ2n) is 5.71. The third-order valence-electron chi connectivity index (χ3n) is 4.57. The van der Waals surface area contributed by atoms with Crippen LogP contribution < -0.4 is 10.6 Å². The van der Waals surface area contributed by atoms with Crippen molar-refractivity contribution in [3.63, 3.8) is 0 Å². The van der Waals surface area contributed by atoms with Crippen LogP contribution in [-0.4, -0.2) is 48.6 Å². The first-order chi connectivity index (χ1) is 8.33. The van der Waals surface area contributed by atoms with E-state index < -0.39 is 0 Å². The molecule has 0 saturated carbocycles. The minimum absolute atomic E-state index is 0.225. The number of fused-ring (bicyclic) bond motifs is 1. The van der Waals surface area contributed by atoms with Gasteiger partial charge in [0.05, 0.1) is 0 Å². The third kappa shape index (κ3) is 2.47. The highest BCUT2D eigenvalue weighted by molar-refractivity contribution is 5.78. The van der Waals surface area contributed by atoms with Gasteiger partial charge in [0.2, 0.25) is 5.91 Å². The number of carbonyl (C=O) groups excluding carboxylic acids is 1. The quantitative estimate of drug-likeness (QED) is 0.750. The molecule has 17 heavy (non-hydrogen) atoms. The first-order valence-corrected chi connectivity index (χ1v) is 7.10. The number of carbonyl (C=O) groups is 1. The van der Waals surface area contributed by atoms with Crippen molar-refractivity contribution in [3.8, 4) is 0 Å². The molecule has 4 heteroatoms. The normalized spacial score (nSPS) is 38.1. The molecule has 1 amide bonds. The molecular formula is C13H23N3O. The second kappa shape index (κ2) is 4.94. The number of hydrogen-bond donors (Lipinski definition) is 2. The van der Waals surface area contributed by atoms with Gasteiger partial charge in [0.15, 0.2) is 0 Å². The van der Waals surface area contributed by atoms with E-state index in [2.05, 4.69) is 15.5 Å². The highest BCUT2D eigenvalue weighted by Gasteiger charge is 2.35. The van der Waals surface area contributed by atoms with E-state index in [-0.39, 0.29) is 5.91 Å². The lowest BCUT2D eigenvalue weighted by atomic mass is 9.99. The van der Waals surface area contributed by atoms with E-state index >= 15 is 0 Å². The lowest BCUT2D eigenvalue weighted by Gasteiger charge is -2.33. The van der Waals surface area contributed by atoms with Crippen molar-refractivity contribution >= 4 is 5.91 Å². The van der Waals surface area contributed by atoms with E-state index in [9.17, 15) is 4.79 Å². The van der Waals surface area contributed by atoms with E-state index in [1.165, 1.54) is 38.8 Å². The summed E-state index contributed by atoms with van der Waals surface area (Å²) in [5.41, 5.74) is 0. The fourth-order valence-corrected chi connectivity index (χ4v) is 3.61. The first-order valence-electron chi connectivity index (χ1n) is 7.10. The van der Waals surface area contributed by atoms with Crippen LogP contribution in [0, 0.1) is 0 Å². The average Bonchev–Trinajstić information content (AvgIpc) is 2.93. The molecule has 0 aromatic carbocycles. The summed E-state index contributed by atoms with van der Waals surface area (Å²) >= 11 is 0. The Morgan fingerprint density at radius 3 is 3.00 bits per heavy atom. The molecule has 0 aromatic rings. The Bertz CT molecular complexity index is 294. The van der Waals surface area contributed by atoms with Gasteiger partial charge in [-0.3, -0.25) is 9.69 Å². The molecule has 96 valence electrons. The van der Waals surface area contributed by atoms with Crippen LogP contribution in [-0.2, 0) is 4.79 Å². The first kappa shape index (κ1) is 11.5. The highest BCUT2D eigenvalue weighted by Crippen LogP contribution is 2.27. The molecule has 3 aliphatic heterocycles. The van der Waals surface area contributed by atoms with Gasteiger partial charge in [-0.15, -0.1) is 0 Å². The summed E-state index contributed by atoms with van der Waals surface area (Å²) in [5.74, 6) is 0.225. The maximum Gasteiger partial charge on any atom is 0.220 e. The van der Waals surface area contributed by atoms with Crippen molar-refractivity contribution in [1.82, 2.24) is 15.5 Å². The summed E-state index contributed by atoms with van der Waals surface area (Å²) in [6, 6.07) is 1.80. The van der Waals surface area contributed by atoms with Crippen LogP contribution in [0.25, 0.3) is 0 Å². The van der Waals surface area contributed by atoms with Crippen molar-refractivity contribution in [2.75, 3.05) is 19.6 Å². The van der Waals surface area contributed by atoms with Gasteiger partial charge in [-0.2, -0.15) is 0 Å². The van der Waals surface area contributed by atoms with Crippen LogP contribution in [0.1, 0.15) is 38.5 Å². The van der Waals surface area contributed by atoms with Crippen molar-refractivity contribution in [2.45, 2.75) is 56.7 Å². The molecule has 3 fully saturated rings. The number of hydrogen-bond acceptors (Lipinski definition) is 3. The van der Waals surface area contributed by atoms with Crippen LogP contribution in [0.5, 0.6) is 0 Å². The number of rotatable bonds is 3. The number of nitrogens with one attached hydrogen (secondary N) is 2. The van der Waals surface area contributed by atoms with Gasteiger partial charge in [0.25, 0.3) is 0 Å². The average molecular weight is 237 g/mol. The Morgan fingerprint density at radius 1 is 1.24 bits per heavy atom. The zero-order valence-electron chi connectivity index (χ0n) is 10.5. The summed E-state index contributed by atoms with van der Waals surface area (Å²) < 4.78 is 0. The van der Waals surface area contributed by atoms with E-state index in [0.717, 1.165) is 19.0 Å². The Morgan fingerprint density at radius 2 is 2.18 bits per heavy atom. The van der Waals surface area contributed by atoms with Crippen molar-refractivity contribution in [1.29, 1.82) is 0 Å². The van der Waals surface area contributed by atoms with Gasteiger partial charge < -0.3 is 10.6 Å². The smallest absolute Gasteiger partial charge is 0.220 e. The fraction of sp³-hybridized carbons (Fsp3) is 0.923. The van der Waals surface area contributed by atoms with E-state index in [1.54, 1.807) is 0 Å². The van der Waals surface area contributed by atoms with Gasteiger partial charge in [-0.1, -0.05) is 6.42 Å². The molecule has 4 nitrogen and oxygen atoms in total. The fourth-order valence-electron chi connectivity index (χ4n) is 3.61. The van der Waals surface area contributed by atoms with E-state index in [4.69, 9.17) is 0 Å². The lowest BCUT2D eigenvalue weighted by molar-refractivity contribution is -0.119. The number of nitrogens with zero attached hydrogens (tertiary/aromatic N) is 1. The monoisotopic (exact) mass is 237 g/mol. The van der Waals surface area contributed by atoms with E-state index in [0.29, 0.717) is 18.5 Å². The van der Waals surface area contributed by atoms with Crippen LogP contribution in [0.15, 0.2) is 0 Å². The molecule has 3 rings (SSSR count). The summed E-state index contributed by atoms with van der Waals surface area (Å²) in [6.45, 7) is 3.52. The standard InChI is InChI=1S/C13H23N3O/c17-13-5-4-10(15-13)9-14-11-6-8-16-7-2-1-3-12(11)16/h10-12,14H,1-9H2,(H,15,17). The molecule has 0 radical (unpaired) electrons. The predicted molar refractivity (Wildman–Crippen MR) is 66.8 cm³/mol. The van der Waals surface area contributed by atoms with Gasteiger partial charge in [0.1, 0.15) is 0 Å². The molecule has 3 unspecified atom stereocenters. The van der Waals surface area contributed by atoms with Crippen molar-refractivity contribution in [3.05, 3.63) is 0 Å². The molecule has 2 N–H and O–H groups in total. The Labute approximate surface area is 103 Å². The maximum atomic E-state index is 11.1. The Balaban J connectivity index is 1.47. The van der Waals surface area contributed by atoms with Gasteiger partial charge in [0, 0.05) is 37.6 Å². The van der Waals surface area contributed by atoms with Crippen molar-refractivity contribution in [2.24, 2.45) is 0 Å². The molecule has 0 aromatic heterocycles. The lowest BCUT2D eigenvalue weighted by Crippen LogP contribution is -2.48. The summed E-state index contributed by atoms with van der Waals surface area (Å²) in [4.78, 5) is 13.8. The summed E-state index contributed by atoms with van der Waals surface area (Å²) in [5, 5.41) is 6.72. The minimum Gasteiger partial charge on any atom is -0.352 e. The topological polar surface area (TPSA) is 44.4 Å². The van der Waals surface area contributed by atoms with Gasteiger partial charge >= 0.3 is 0 Å². The van der Waals surface area contributed by atoms with Crippen molar-refractivity contribution < 1.29 is 4.79 Å². The SMILES string of the molecule is O=C1CCC(CNC2CCN3CCCCC23)N1. The van der Waals surface area contributed by atoms with Crippen LogP contribution in [0.2, 0.25) is 0 Å².